The molecule has 0 amide bonds. The first-order chi connectivity index (χ1) is 13.8. The van der Waals surface area contributed by atoms with E-state index < -0.39 is 48.2 Å². The van der Waals surface area contributed by atoms with Crippen molar-refractivity contribution in [2.45, 2.75) is 31.7 Å². The predicted molar refractivity (Wildman–Crippen MR) is 93.4 cm³/mol. The number of rotatable bonds is 5. The molecule has 3 atom stereocenters. The van der Waals surface area contributed by atoms with E-state index in [0.717, 1.165) is 18.9 Å². The molecule has 29 heavy (non-hydrogen) atoms. The normalized spacial score (nSPS) is 21.2. The number of aliphatic hydroxyl groups excluding tert-OH is 1. The van der Waals surface area contributed by atoms with Crippen molar-refractivity contribution < 1.29 is 28.9 Å². The van der Waals surface area contributed by atoms with Crippen LogP contribution in [-0.2, 0) is 14.2 Å². The van der Waals surface area contributed by atoms with Gasteiger partial charge in [0.25, 0.3) is 5.56 Å². The van der Waals surface area contributed by atoms with Gasteiger partial charge in [-0.25, -0.2) is 19.1 Å². The van der Waals surface area contributed by atoms with Gasteiger partial charge in [-0.15, -0.1) is 5.10 Å². The van der Waals surface area contributed by atoms with Gasteiger partial charge in [-0.2, -0.15) is 0 Å². The van der Waals surface area contributed by atoms with E-state index in [9.17, 15) is 24.3 Å². The Balaban J connectivity index is 2.04. The van der Waals surface area contributed by atoms with Crippen molar-refractivity contribution in [3.05, 3.63) is 44.0 Å². The van der Waals surface area contributed by atoms with Gasteiger partial charge >= 0.3 is 17.6 Å². The summed E-state index contributed by atoms with van der Waals surface area (Å²) in [6, 6.07) is -0.760. The summed E-state index contributed by atoms with van der Waals surface area (Å²) in [5.74, 6) is -1.77. The molecule has 0 bridgehead atoms. The average molecular weight is 409 g/mol. The molecule has 0 unspecified atom stereocenters. The van der Waals surface area contributed by atoms with Gasteiger partial charge < -0.3 is 19.3 Å². The van der Waals surface area contributed by atoms with Gasteiger partial charge in [-0.05, 0) is 6.92 Å². The summed E-state index contributed by atoms with van der Waals surface area (Å²) in [7, 11) is 2.25. The topological polar surface area (TPSA) is 168 Å². The van der Waals surface area contributed by atoms with Crippen molar-refractivity contribution in [2.24, 2.45) is 0 Å². The molecule has 3 heterocycles. The number of H-pyrrole nitrogens is 1. The number of methoxy groups -OCH3 is 2. The number of hydrogen-bond acceptors (Lipinski definition) is 10. The molecule has 3 rings (SSSR count). The molecule has 1 aliphatic rings. The molecule has 2 aromatic heterocycles. The second-order valence-corrected chi connectivity index (χ2v) is 6.31. The fourth-order valence-electron chi connectivity index (χ4n) is 3.15. The Bertz CT molecular complexity index is 1050. The zero-order valence-electron chi connectivity index (χ0n) is 15.8. The number of nitrogens with zero attached hydrogens (tertiary/aromatic N) is 4. The van der Waals surface area contributed by atoms with Gasteiger partial charge in [-0.1, -0.05) is 5.21 Å². The maximum absolute atomic E-state index is 12.2. The van der Waals surface area contributed by atoms with Gasteiger partial charge in [0, 0.05) is 18.2 Å². The van der Waals surface area contributed by atoms with E-state index in [1.165, 1.54) is 17.7 Å². The van der Waals surface area contributed by atoms with Crippen LogP contribution in [0.15, 0.2) is 15.8 Å². The van der Waals surface area contributed by atoms with E-state index in [1.54, 1.807) is 0 Å². The highest BCUT2D eigenvalue weighted by Gasteiger charge is 2.41. The summed E-state index contributed by atoms with van der Waals surface area (Å²) >= 11 is 0. The Labute approximate surface area is 162 Å². The van der Waals surface area contributed by atoms with Crippen LogP contribution >= 0.6 is 0 Å². The lowest BCUT2D eigenvalue weighted by Crippen LogP contribution is -2.33. The molecule has 0 spiro atoms. The fraction of sp³-hybridized carbons (Fsp3) is 0.500. The van der Waals surface area contributed by atoms with Crippen molar-refractivity contribution in [2.75, 3.05) is 20.8 Å². The number of aromatic nitrogens is 5. The summed E-state index contributed by atoms with van der Waals surface area (Å²) in [6.45, 7) is 1.06. The smallest absolute Gasteiger partial charge is 0.361 e. The fourth-order valence-corrected chi connectivity index (χ4v) is 3.15. The Hall–Kier alpha value is -3.32. The maximum atomic E-state index is 12.2. The van der Waals surface area contributed by atoms with Crippen molar-refractivity contribution in [3.63, 3.8) is 0 Å². The molecule has 2 N–H and O–H groups in total. The van der Waals surface area contributed by atoms with Crippen LogP contribution < -0.4 is 11.2 Å². The number of esters is 2. The van der Waals surface area contributed by atoms with Gasteiger partial charge in [0.1, 0.15) is 12.3 Å². The molecule has 2 aromatic rings. The third kappa shape index (κ3) is 3.56. The van der Waals surface area contributed by atoms with E-state index in [4.69, 9.17) is 9.47 Å². The predicted octanol–water partition coefficient (Wildman–Crippen LogP) is -1.47. The maximum Gasteiger partial charge on any atom is 0.361 e. The van der Waals surface area contributed by atoms with Gasteiger partial charge in [0.05, 0.1) is 26.9 Å². The first kappa shape index (κ1) is 20.4. The van der Waals surface area contributed by atoms with Gasteiger partial charge in [0.2, 0.25) is 5.69 Å². The third-order valence-electron chi connectivity index (χ3n) is 4.61. The van der Waals surface area contributed by atoms with Crippen LogP contribution in [0.3, 0.4) is 0 Å². The molecule has 0 aliphatic carbocycles. The summed E-state index contributed by atoms with van der Waals surface area (Å²) in [4.78, 5) is 50.1. The summed E-state index contributed by atoms with van der Waals surface area (Å²) in [5, 5.41) is 17.3. The molecular formula is C16H19N5O8. The molecule has 0 aromatic carbocycles. The minimum absolute atomic E-state index is 0.0879. The van der Waals surface area contributed by atoms with Crippen LogP contribution in [0, 0.1) is 6.92 Å². The van der Waals surface area contributed by atoms with Crippen molar-refractivity contribution >= 4 is 11.9 Å². The number of aromatic amines is 1. The second kappa shape index (κ2) is 7.97. The first-order valence-electron chi connectivity index (χ1n) is 8.52. The van der Waals surface area contributed by atoms with E-state index in [0.29, 0.717) is 5.56 Å². The lowest BCUT2D eigenvalue weighted by molar-refractivity contribution is -0.0325. The Kier molecular flexibility index (Phi) is 5.61. The number of carbonyl (C=O) groups is 2. The van der Waals surface area contributed by atoms with E-state index in [2.05, 4.69) is 20.0 Å². The Morgan fingerprint density at radius 2 is 2.00 bits per heavy atom. The minimum atomic E-state index is -0.889. The molecule has 1 aliphatic heterocycles. The van der Waals surface area contributed by atoms with Crippen LogP contribution in [0.2, 0.25) is 0 Å². The SMILES string of the molecule is COC(=O)c1nnn([C@H]2C[C@H](n3cc(C)c(=O)[nH]c3=O)O[C@@H]2CO)c1C(=O)OC. The molecule has 13 heteroatoms. The van der Waals surface area contributed by atoms with Crippen LogP contribution in [-0.4, -0.2) is 68.5 Å². The lowest BCUT2D eigenvalue weighted by atomic mass is 10.1. The highest BCUT2D eigenvalue weighted by Crippen LogP contribution is 2.36. The van der Waals surface area contributed by atoms with Crippen molar-refractivity contribution in [3.8, 4) is 0 Å². The number of aliphatic hydroxyl groups is 1. The third-order valence-corrected chi connectivity index (χ3v) is 4.61. The van der Waals surface area contributed by atoms with E-state index >= 15 is 0 Å². The highest BCUT2D eigenvalue weighted by atomic mass is 16.5. The Morgan fingerprint density at radius 3 is 2.62 bits per heavy atom. The standard InChI is InChI=1S/C16H19N5O8/c1-7-5-20(16(26)17-13(7)23)10-4-8(9(6-22)29-10)21-12(15(25)28-3)11(18-19-21)14(24)27-2/h5,8-10,22H,4,6H2,1-3H3,(H,17,23,26)/t8-,9+,10+/m0/s1. The molecule has 1 saturated heterocycles. The summed E-state index contributed by atoms with van der Waals surface area (Å²) in [5.41, 5.74) is -1.54. The zero-order valence-corrected chi connectivity index (χ0v) is 15.8. The van der Waals surface area contributed by atoms with E-state index in [-0.39, 0.29) is 17.8 Å². The number of carbonyl (C=O) groups excluding carboxylic acids is 2. The largest absolute Gasteiger partial charge is 0.464 e. The molecule has 1 fully saturated rings. The number of hydrogen-bond donors (Lipinski definition) is 2. The highest BCUT2D eigenvalue weighted by molar-refractivity contribution is 6.00. The van der Waals surface area contributed by atoms with Crippen molar-refractivity contribution in [1.29, 1.82) is 0 Å². The van der Waals surface area contributed by atoms with Crippen LogP contribution in [0.4, 0.5) is 0 Å². The quantitative estimate of drug-likeness (QED) is 0.556. The Morgan fingerprint density at radius 1 is 1.31 bits per heavy atom. The lowest BCUT2D eigenvalue weighted by Gasteiger charge is -2.17. The molecule has 0 radical (unpaired) electrons. The molecule has 13 nitrogen and oxygen atoms in total. The van der Waals surface area contributed by atoms with Crippen molar-refractivity contribution in [1.82, 2.24) is 24.5 Å². The van der Waals surface area contributed by atoms with Crippen LogP contribution in [0.1, 0.15) is 45.2 Å². The molecule has 156 valence electrons. The van der Waals surface area contributed by atoms with Gasteiger partial charge in [0.15, 0.2) is 5.69 Å². The van der Waals surface area contributed by atoms with E-state index in [1.807, 2.05) is 0 Å². The second-order valence-electron chi connectivity index (χ2n) is 6.31. The first-order valence-corrected chi connectivity index (χ1v) is 8.52. The van der Waals surface area contributed by atoms with Crippen LogP contribution in [0.25, 0.3) is 0 Å². The summed E-state index contributed by atoms with van der Waals surface area (Å²) < 4.78 is 17.3. The monoisotopic (exact) mass is 409 g/mol. The zero-order chi connectivity index (χ0) is 21.3. The number of aryl methyl sites for hydroxylation is 1. The molecular weight excluding hydrogens is 390 g/mol. The number of ether oxygens (including phenoxy) is 3. The molecule has 0 saturated carbocycles. The minimum Gasteiger partial charge on any atom is -0.464 e. The average Bonchev–Trinajstić information content (AvgIpc) is 3.33. The van der Waals surface area contributed by atoms with Crippen LogP contribution in [0.5, 0.6) is 0 Å². The number of nitrogens with one attached hydrogen (secondary N) is 1. The summed E-state index contributed by atoms with van der Waals surface area (Å²) in [6.07, 6.45) is -0.318. The van der Waals surface area contributed by atoms with Gasteiger partial charge in [-0.3, -0.25) is 14.3 Å².